The van der Waals surface area contributed by atoms with Crippen molar-refractivity contribution in [3.05, 3.63) is 149 Å². The molecule has 2 aliphatic rings. The number of nitrogens with zero attached hydrogens (tertiary/aromatic N) is 4. The van der Waals surface area contributed by atoms with Crippen molar-refractivity contribution in [3.8, 4) is 0 Å². The summed E-state index contributed by atoms with van der Waals surface area (Å²) in [5.41, 5.74) is 14.2. The van der Waals surface area contributed by atoms with Crippen LogP contribution in [0.15, 0.2) is 121 Å². The summed E-state index contributed by atoms with van der Waals surface area (Å²) in [4.78, 5) is 58.3. The number of nitrogens with one attached hydrogen (secondary N) is 4. The molecule has 468 valence electrons. The molecule has 12 nitrogen and oxygen atoms in total. The Morgan fingerprint density at radius 1 is 0.558 bits per heavy atom. The minimum Gasteiger partial charge on any atom is -0.372 e. The van der Waals surface area contributed by atoms with Crippen molar-refractivity contribution in [3.63, 3.8) is 0 Å². The average Bonchev–Trinajstić information content (AvgIpc) is 4.07. The highest BCUT2D eigenvalue weighted by atomic mass is 16.2. The van der Waals surface area contributed by atoms with E-state index in [0.29, 0.717) is 0 Å². The number of carbonyl (C=O) groups is 4. The summed E-state index contributed by atoms with van der Waals surface area (Å²) in [6.07, 6.45) is 18.0. The van der Waals surface area contributed by atoms with Gasteiger partial charge in [-0.15, -0.1) is 0 Å². The number of piperidine rings is 1. The van der Waals surface area contributed by atoms with E-state index in [1.165, 1.54) is 43.5 Å². The molecule has 2 heterocycles. The third kappa shape index (κ3) is 23.5. The average molecular weight is 1170 g/mol. The van der Waals surface area contributed by atoms with E-state index in [-0.39, 0.29) is 35.0 Å². The maximum absolute atomic E-state index is 12.6. The van der Waals surface area contributed by atoms with E-state index in [4.69, 9.17) is 0 Å². The van der Waals surface area contributed by atoms with Crippen molar-refractivity contribution in [1.29, 1.82) is 0 Å². The van der Waals surface area contributed by atoms with Gasteiger partial charge in [-0.25, -0.2) is 0 Å². The Morgan fingerprint density at radius 3 is 1.49 bits per heavy atom. The van der Waals surface area contributed by atoms with Crippen LogP contribution in [0.3, 0.4) is 0 Å². The second kappa shape index (κ2) is 37.3. The molecule has 0 radical (unpaired) electrons. The monoisotopic (exact) mass is 1170 g/mol. The minimum atomic E-state index is -0.365. The largest absolute Gasteiger partial charge is 0.372 e. The lowest BCUT2D eigenvalue weighted by Crippen LogP contribution is -2.29. The number of hydrogen-bond acceptors (Lipinski definition) is 8. The van der Waals surface area contributed by atoms with Crippen LogP contribution in [-0.4, -0.2) is 76.0 Å². The molecule has 0 aliphatic carbocycles. The summed E-state index contributed by atoms with van der Waals surface area (Å²) in [6, 6.07) is 35.1. The van der Waals surface area contributed by atoms with Gasteiger partial charge in [-0.05, 0) is 196 Å². The summed E-state index contributed by atoms with van der Waals surface area (Å²) in [5, 5.41) is 12.2. The number of benzene rings is 5. The molecule has 2 aliphatic heterocycles. The Hall–Kier alpha value is -7.34. The molecule has 4 amide bonds. The Bertz CT molecular complexity index is 2940. The first-order valence-corrected chi connectivity index (χ1v) is 32.2. The van der Waals surface area contributed by atoms with Crippen molar-refractivity contribution in [2.24, 2.45) is 11.3 Å². The topological polar surface area (TPSA) is 129 Å². The van der Waals surface area contributed by atoms with Gasteiger partial charge in [-0.2, -0.15) is 0 Å². The summed E-state index contributed by atoms with van der Waals surface area (Å²) >= 11 is 0. The van der Waals surface area contributed by atoms with E-state index in [1.807, 2.05) is 110 Å². The van der Waals surface area contributed by atoms with Gasteiger partial charge in [-0.1, -0.05) is 122 Å². The summed E-state index contributed by atoms with van der Waals surface area (Å²) in [5.74, 6) is 0.228. The fraction of sp³-hybridized carbons (Fsp3) is 0.486. The first kappa shape index (κ1) is 71.1. The smallest absolute Gasteiger partial charge is 0.250 e. The number of rotatable bonds is 22. The molecule has 0 spiro atoms. The van der Waals surface area contributed by atoms with Crippen LogP contribution in [0.2, 0.25) is 0 Å². The molecule has 1 unspecified atom stereocenters. The molecule has 2 saturated heterocycles. The summed E-state index contributed by atoms with van der Waals surface area (Å²) in [7, 11) is 0. The van der Waals surface area contributed by atoms with Crippen LogP contribution in [-0.2, 0) is 19.2 Å². The third-order valence-corrected chi connectivity index (χ3v) is 16.0. The van der Waals surface area contributed by atoms with Gasteiger partial charge in [0, 0.05) is 121 Å². The molecule has 0 saturated carbocycles. The number of unbranched alkanes of at least 4 members (excludes halogenated alkanes) is 1. The van der Waals surface area contributed by atoms with Crippen molar-refractivity contribution >= 4 is 75.2 Å². The molecule has 0 aromatic heterocycles. The van der Waals surface area contributed by atoms with Crippen LogP contribution < -0.4 is 40.9 Å². The zero-order valence-electron chi connectivity index (χ0n) is 55.5. The van der Waals surface area contributed by atoms with Crippen LogP contribution in [0.5, 0.6) is 0 Å². The summed E-state index contributed by atoms with van der Waals surface area (Å²) < 4.78 is 0. The first-order valence-electron chi connectivity index (χ1n) is 32.2. The zero-order chi connectivity index (χ0) is 63.2. The summed E-state index contributed by atoms with van der Waals surface area (Å²) in [6.45, 7) is 39.0. The molecular weight excluding hydrogens is 1060 g/mol. The Kier molecular flexibility index (Phi) is 30.8. The second-order valence-electron chi connectivity index (χ2n) is 24.0. The predicted molar refractivity (Wildman–Crippen MR) is 371 cm³/mol. The maximum Gasteiger partial charge on any atom is 0.250 e. The highest BCUT2D eigenvalue weighted by Crippen LogP contribution is 2.30. The van der Waals surface area contributed by atoms with Crippen LogP contribution in [0.4, 0.5) is 45.5 Å². The number of aryl methyl sites for hydroxylation is 4. The van der Waals surface area contributed by atoms with Gasteiger partial charge in [0.15, 0.2) is 0 Å². The van der Waals surface area contributed by atoms with Crippen LogP contribution in [0.25, 0.3) is 6.08 Å². The molecule has 0 bridgehead atoms. The number of allylic oxidation sites excluding steroid dienone is 1. The molecule has 2 fully saturated rings. The normalized spacial score (nSPS) is 13.5. The van der Waals surface area contributed by atoms with Crippen molar-refractivity contribution in [2.45, 2.75) is 174 Å². The highest BCUT2D eigenvalue weighted by molar-refractivity contribution is 6.04. The van der Waals surface area contributed by atoms with E-state index in [9.17, 15) is 19.2 Å². The fourth-order valence-corrected chi connectivity index (χ4v) is 10.2. The van der Waals surface area contributed by atoms with Gasteiger partial charge in [0.2, 0.25) is 17.7 Å². The fourth-order valence-electron chi connectivity index (χ4n) is 10.2. The minimum absolute atomic E-state index is 0.0395. The van der Waals surface area contributed by atoms with Crippen molar-refractivity contribution in [1.82, 2.24) is 0 Å². The van der Waals surface area contributed by atoms with Crippen LogP contribution >= 0.6 is 0 Å². The molecule has 5 aromatic rings. The van der Waals surface area contributed by atoms with Gasteiger partial charge < -0.3 is 40.9 Å². The van der Waals surface area contributed by atoms with Crippen LogP contribution in [0, 0.1) is 39.0 Å². The Labute approximate surface area is 519 Å². The van der Waals surface area contributed by atoms with E-state index < -0.39 is 0 Å². The number of amides is 4. The Morgan fingerprint density at radius 2 is 1.02 bits per heavy atom. The number of hydrogen-bond donors (Lipinski definition) is 4. The first-order chi connectivity index (χ1) is 41.2. The molecule has 86 heavy (non-hydrogen) atoms. The number of anilines is 8. The van der Waals surface area contributed by atoms with Gasteiger partial charge >= 0.3 is 0 Å². The van der Waals surface area contributed by atoms with E-state index in [0.717, 1.165) is 158 Å². The van der Waals surface area contributed by atoms with E-state index in [2.05, 4.69) is 150 Å². The molecule has 5 aromatic carbocycles. The molecule has 1 atom stereocenters. The Balaban J connectivity index is 0.000000247. The molecule has 7 rings (SSSR count). The lowest BCUT2D eigenvalue weighted by atomic mass is 9.95. The van der Waals surface area contributed by atoms with Crippen molar-refractivity contribution in [2.75, 3.05) is 93.2 Å². The predicted octanol–water partition coefficient (Wildman–Crippen LogP) is 17.7. The second-order valence-corrected chi connectivity index (χ2v) is 24.0. The standard InChI is InChI=1S/C22H28N2O.C20H32N2O.2C16H24N2O/c1-4-15-24(16-5-2)20-13-11-18(3)21(17-20)23-22(25)14-12-19-9-7-6-8-10-19;1-4-6-10-17(5-2)20(23)21-19-15-18(12-11-16(19)3)22-13-8-7-9-14-22;1-12-7-8-13(18-9-5-6-10-18)11-14(12)17-15(19)16(2,3)4;1-6-12(4)16(19)17-15-11-14(10-9-13(15)5)18(7-2)8-3/h6-14,17H,4-5,15-16H2,1-3H3,(H,23,25);11-12,15,17H,4-10,13-14H2,1-3H3,(H,21,23);7-8,11H,5-6,9-10H2,1-4H3,(H,17,19);6,9-11H,7-8H2,1-5H3,(H,17,19)/b14-12+;;;12-6+. The maximum atomic E-state index is 12.6. The molecule has 12 heteroatoms. The highest BCUT2D eigenvalue weighted by Gasteiger charge is 2.23. The van der Waals surface area contributed by atoms with Gasteiger partial charge in [0.25, 0.3) is 5.91 Å². The van der Waals surface area contributed by atoms with E-state index in [1.54, 1.807) is 6.08 Å². The van der Waals surface area contributed by atoms with Gasteiger partial charge in [0.05, 0.1) is 0 Å². The van der Waals surface area contributed by atoms with Gasteiger partial charge in [-0.3, -0.25) is 19.2 Å². The lowest BCUT2D eigenvalue weighted by Gasteiger charge is -2.29. The van der Waals surface area contributed by atoms with Crippen molar-refractivity contribution < 1.29 is 19.2 Å². The van der Waals surface area contributed by atoms with Gasteiger partial charge in [0.1, 0.15) is 0 Å². The number of carbonyl (C=O) groups excluding carboxylic acids is 4. The lowest BCUT2D eigenvalue weighted by molar-refractivity contribution is -0.123. The zero-order valence-corrected chi connectivity index (χ0v) is 55.5. The third-order valence-electron chi connectivity index (χ3n) is 16.0. The molecular formula is C74H108N8O4. The SMILES string of the molecule is C/C=C(\C)C(=O)Nc1cc(N(CC)CC)ccc1C.CCCCC(CC)C(=O)Nc1cc(N2CCCCC2)ccc1C.CCCN(CCC)c1ccc(C)c(NC(=O)/C=C/c2ccccc2)c1.Cc1ccc(N2CCCC2)cc1NC(=O)C(C)(C)C. The van der Waals surface area contributed by atoms with E-state index >= 15 is 0 Å². The molecule has 4 N–H and O–H groups in total. The van der Waals surface area contributed by atoms with Crippen LogP contribution in [0.1, 0.15) is 175 Å². The quantitative estimate of drug-likeness (QED) is 0.0504.